The Morgan fingerprint density at radius 3 is 2.69 bits per heavy atom. The first kappa shape index (κ1) is 22.1. The number of amides is 1. The monoisotopic (exact) mass is 456 g/mol. The van der Waals surface area contributed by atoms with Crippen molar-refractivity contribution in [2.24, 2.45) is 0 Å². The third kappa shape index (κ3) is 4.87. The third-order valence-electron chi connectivity index (χ3n) is 5.33. The number of carbonyl (C=O) groups is 1. The molecule has 2 heterocycles. The summed E-state index contributed by atoms with van der Waals surface area (Å²) in [5.41, 5.74) is 0.613. The number of nitrogens with one attached hydrogen (secondary N) is 2. The van der Waals surface area contributed by atoms with Crippen LogP contribution in [0, 0.1) is 0 Å². The Morgan fingerprint density at radius 2 is 1.97 bits per heavy atom. The maximum Gasteiger partial charge on any atom is 0.258 e. The van der Waals surface area contributed by atoms with Crippen molar-refractivity contribution in [3.63, 3.8) is 0 Å². The largest absolute Gasteiger partial charge is 0.377 e. The van der Waals surface area contributed by atoms with Gasteiger partial charge in [-0.05, 0) is 49.2 Å². The molecule has 0 saturated carbocycles. The van der Waals surface area contributed by atoms with Crippen molar-refractivity contribution < 1.29 is 17.9 Å². The van der Waals surface area contributed by atoms with E-state index in [4.69, 9.17) is 4.74 Å². The van der Waals surface area contributed by atoms with Crippen molar-refractivity contribution in [1.82, 2.24) is 19.6 Å². The van der Waals surface area contributed by atoms with Crippen molar-refractivity contribution in [3.8, 4) is 0 Å². The second-order valence-corrected chi connectivity index (χ2v) is 9.47. The average Bonchev–Trinajstić information content (AvgIpc) is 3.31. The number of para-hydroxylation sites is 1. The van der Waals surface area contributed by atoms with Crippen molar-refractivity contribution in [2.45, 2.75) is 30.4 Å². The van der Waals surface area contributed by atoms with Crippen molar-refractivity contribution >= 4 is 26.8 Å². The summed E-state index contributed by atoms with van der Waals surface area (Å²) in [5.74, 6) is 0.0409. The molecule has 9 nitrogen and oxygen atoms in total. The molecule has 4 rings (SSSR count). The Bertz CT molecular complexity index is 1280. The summed E-state index contributed by atoms with van der Waals surface area (Å²) in [6.07, 6.45) is 1.66. The van der Waals surface area contributed by atoms with E-state index in [0.29, 0.717) is 28.9 Å². The number of aromatic nitrogens is 2. The van der Waals surface area contributed by atoms with E-state index in [0.717, 1.165) is 12.8 Å². The molecule has 168 valence electrons. The van der Waals surface area contributed by atoms with Gasteiger partial charge in [0.2, 0.25) is 10.0 Å². The molecule has 0 aliphatic carbocycles. The van der Waals surface area contributed by atoms with Gasteiger partial charge in [-0.1, -0.05) is 12.1 Å². The summed E-state index contributed by atoms with van der Waals surface area (Å²) in [6.45, 7) is 0.976. The lowest BCUT2D eigenvalue weighted by atomic mass is 10.2. The number of hydrogen-bond donors (Lipinski definition) is 2. The van der Waals surface area contributed by atoms with Crippen LogP contribution in [0.25, 0.3) is 10.9 Å². The zero-order valence-electron chi connectivity index (χ0n) is 17.6. The minimum absolute atomic E-state index is 0.0789. The van der Waals surface area contributed by atoms with Gasteiger partial charge in [-0.15, -0.1) is 0 Å². The Hall–Kier alpha value is -3.08. The van der Waals surface area contributed by atoms with E-state index in [1.54, 1.807) is 31.3 Å². The summed E-state index contributed by atoms with van der Waals surface area (Å²) >= 11 is 0. The van der Waals surface area contributed by atoms with E-state index in [1.165, 1.54) is 29.2 Å². The maximum atomic E-state index is 12.8. The van der Waals surface area contributed by atoms with Crippen LogP contribution in [-0.2, 0) is 21.3 Å². The Kier molecular flexibility index (Phi) is 6.35. The van der Waals surface area contributed by atoms with Crippen LogP contribution in [-0.4, -0.2) is 55.5 Å². The molecule has 0 bridgehead atoms. The lowest BCUT2D eigenvalue weighted by Crippen LogP contribution is -2.32. The van der Waals surface area contributed by atoms with E-state index in [2.05, 4.69) is 14.7 Å². The Morgan fingerprint density at radius 1 is 1.22 bits per heavy atom. The fourth-order valence-corrected chi connectivity index (χ4v) is 4.66. The zero-order valence-corrected chi connectivity index (χ0v) is 18.4. The second-order valence-electron chi connectivity index (χ2n) is 7.70. The number of ether oxygens (including phenoxy) is 1. The van der Waals surface area contributed by atoms with Gasteiger partial charge in [0.25, 0.3) is 11.5 Å². The molecule has 0 spiro atoms. The van der Waals surface area contributed by atoms with Gasteiger partial charge in [0.1, 0.15) is 5.82 Å². The summed E-state index contributed by atoms with van der Waals surface area (Å²) in [6, 6.07) is 12.7. The molecule has 10 heteroatoms. The predicted molar refractivity (Wildman–Crippen MR) is 119 cm³/mol. The molecular weight excluding hydrogens is 432 g/mol. The van der Waals surface area contributed by atoms with Gasteiger partial charge in [0.05, 0.1) is 28.4 Å². The van der Waals surface area contributed by atoms with Gasteiger partial charge < -0.3 is 14.6 Å². The van der Waals surface area contributed by atoms with E-state index >= 15 is 0 Å². The van der Waals surface area contributed by atoms with Gasteiger partial charge >= 0.3 is 0 Å². The molecule has 1 amide bonds. The lowest BCUT2D eigenvalue weighted by Gasteiger charge is -2.17. The first-order chi connectivity index (χ1) is 15.3. The fourth-order valence-electron chi connectivity index (χ4n) is 3.59. The number of H-pyrrole nitrogens is 1. The van der Waals surface area contributed by atoms with Crippen molar-refractivity contribution in [3.05, 3.63) is 70.3 Å². The number of fused-ring (bicyclic) bond motifs is 1. The molecule has 1 aliphatic heterocycles. The average molecular weight is 457 g/mol. The molecule has 2 N–H and O–H groups in total. The number of rotatable bonds is 7. The standard InChI is InChI=1S/C22H24N4O5S/c1-26(14-20-24-19-7-3-2-6-18(19)21(27)25-20)22(28)15-8-10-17(11-9-15)32(29,30)23-13-16-5-4-12-31-16/h2-3,6-11,16,23H,4-5,12-14H2,1H3,(H,24,25,27). The second kappa shape index (κ2) is 9.19. The van der Waals surface area contributed by atoms with Crippen LogP contribution < -0.4 is 10.3 Å². The number of carbonyl (C=O) groups excluding carboxylic acids is 1. The molecular formula is C22H24N4O5S. The first-order valence-corrected chi connectivity index (χ1v) is 11.8. The third-order valence-corrected chi connectivity index (χ3v) is 6.77. The lowest BCUT2D eigenvalue weighted by molar-refractivity contribution is 0.0781. The van der Waals surface area contributed by atoms with E-state index in [9.17, 15) is 18.0 Å². The number of aromatic amines is 1. The molecule has 32 heavy (non-hydrogen) atoms. The summed E-state index contributed by atoms with van der Waals surface area (Å²) in [5, 5.41) is 0.482. The highest BCUT2D eigenvalue weighted by molar-refractivity contribution is 7.89. The normalized spacial score (nSPS) is 16.3. The molecule has 2 aromatic carbocycles. The highest BCUT2D eigenvalue weighted by Crippen LogP contribution is 2.15. The highest BCUT2D eigenvalue weighted by atomic mass is 32.2. The maximum absolute atomic E-state index is 12.8. The fraction of sp³-hybridized carbons (Fsp3) is 0.318. The number of hydrogen-bond acceptors (Lipinski definition) is 6. The van der Waals surface area contributed by atoms with E-state index in [1.807, 2.05) is 0 Å². The van der Waals surface area contributed by atoms with Crippen LogP contribution in [0.3, 0.4) is 0 Å². The van der Waals surface area contributed by atoms with Crippen LogP contribution in [0.4, 0.5) is 0 Å². The molecule has 1 aromatic heterocycles. The molecule has 0 radical (unpaired) electrons. The quantitative estimate of drug-likeness (QED) is 0.558. The zero-order chi connectivity index (χ0) is 22.7. The molecule has 1 aliphatic rings. The molecule has 1 fully saturated rings. The Labute approximate surface area is 185 Å². The summed E-state index contributed by atoms with van der Waals surface area (Å²) < 4.78 is 32.9. The van der Waals surface area contributed by atoms with Gasteiger partial charge in [0.15, 0.2) is 0 Å². The summed E-state index contributed by atoms with van der Waals surface area (Å²) in [7, 11) is -2.10. The number of nitrogens with zero attached hydrogens (tertiary/aromatic N) is 2. The van der Waals surface area contributed by atoms with Gasteiger partial charge in [0, 0.05) is 25.8 Å². The minimum Gasteiger partial charge on any atom is -0.377 e. The van der Waals surface area contributed by atoms with Crippen LogP contribution in [0.2, 0.25) is 0 Å². The highest BCUT2D eigenvalue weighted by Gasteiger charge is 2.21. The van der Waals surface area contributed by atoms with Gasteiger partial charge in [-0.2, -0.15) is 0 Å². The molecule has 1 unspecified atom stereocenters. The van der Waals surface area contributed by atoms with Crippen LogP contribution in [0.1, 0.15) is 29.0 Å². The number of sulfonamides is 1. The SMILES string of the molecule is CN(Cc1nc2ccccc2c(=O)[nH]1)C(=O)c1ccc(S(=O)(=O)NCC2CCCO2)cc1. The van der Waals surface area contributed by atoms with Crippen molar-refractivity contribution in [1.29, 1.82) is 0 Å². The molecule has 3 aromatic rings. The molecule has 1 saturated heterocycles. The van der Waals surface area contributed by atoms with Crippen molar-refractivity contribution in [2.75, 3.05) is 20.2 Å². The smallest absolute Gasteiger partial charge is 0.258 e. The number of benzene rings is 2. The topological polar surface area (TPSA) is 121 Å². The van der Waals surface area contributed by atoms with Crippen LogP contribution in [0.15, 0.2) is 58.2 Å². The van der Waals surface area contributed by atoms with Gasteiger partial charge in [-0.25, -0.2) is 18.1 Å². The van der Waals surface area contributed by atoms with E-state index < -0.39 is 10.0 Å². The van der Waals surface area contributed by atoms with Gasteiger partial charge in [-0.3, -0.25) is 9.59 Å². The summed E-state index contributed by atoms with van der Waals surface area (Å²) in [4.78, 5) is 33.6. The van der Waals surface area contributed by atoms with Crippen LogP contribution >= 0.6 is 0 Å². The van der Waals surface area contributed by atoms with E-state index in [-0.39, 0.29) is 35.6 Å². The first-order valence-electron chi connectivity index (χ1n) is 10.3. The minimum atomic E-state index is -3.69. The Balaban J connectivity index is 1.43. The van der Waals surface area contributed by atoms with Crippen LogP contribution in [0.5, 0.6) is 0 Å². The predicted octanol–water partition coefficient (Wildman–Crippen LogP) is 1.65. The molecule has 1 atom stereocenters.